The van der Waals surface area contributed by atoms with Gasteiger partial charge in [0.2, 0.25) is 0 Å². The molecule has 3 nitrogen and oxygen atoms in total. The minimum Gasteiger partial charge on any atom is -0.383 e. The lowest BCUT2D eigenvalue weighted by atomic mass is 9.90. The molecule has 1 N–H and O–H groups in total. The molecule has 0 bridgehead atoms. The van der Waals surface area contributed by atoms with Crippen LogP contribution in [0.4, 0.5) is 0 Å². The first-order valence-electron chi connectivity index (χ1n) is 5.57. The molecule has 1 fully saturated rings. The summed E-state index contributed by atoms with van der Waals surface area (Å²) in [6.45, 7) is 4.89. The van der Waals surface area contributed by atoms with Crippen molar-refractivity contribution < 1.29 is 5.11 Å². The monoisotopic (exact) mass is 272 g/mol. The van der Waals surface area contributed by atoms with E-state index in [0.29, 0.717) is 5.92 Å². The minimum atomic E-state index is -0.689. The van der Waals surface area contributed by atoms with Crippen molar-refractivity contribution in [3.63, 3.8) is 0 Å². The van der Waals surface area contributed by atoms with Crippen molar-refractivity contribution in [3.8, 4) is 0 Å². The molecule has 4 heteroatoms. The standard InChI is InChI=1S/C11H17BrN2O/c1-3-11(15,8-5-6-8)10-9(12)7-13-14(10)4-2/h7-8,15H,3-6H2,1-2H3. The molecule has 84 valence electrons. The van der Waals surface area contributed by atoms with Crippen LogP contribution in [-0.4, -0.2) is 14.9 Å². The van der Waals surface area contributed by atoms with Crippen LogP contribution in [0.5, 0.6) is 0 Å². The van der Waals surface area contributed by atoms with Gasteiger partial charge in [-0.05, 0) is 48.0 Å². The van der Waals surface area contributed by atoms with Gasteiger partial charge >= 0.3 is 0 Å². The van der Waals surface area contributed by atoms with E-state index in [0.717, 1.165) is 36.0 Å². The fourth-order valence-electron chi connectivity index (χ4n) is 2.24. The molecule has 0 radical (unpaired) electrons. The van der Waals surface area contributed by atoms with Crippen LogP contribution in [0.1, 0.15) is 38.8 Å². The van der Waals surface area contributed by atoms with Gasteiger partial charge in [-0.2, -0.15) is 5.10 Å². The van der Waals surface area contributed by atoms with Crippen molar-refractivity contribution in [3.05, 3.63) is 16.4 Å². The van der Waals surface area contributed by atoms with Gasteiger partial charge in [-0.15, -0.1) is 0 Å². The predicted molar refractivity (Wildman–Crippen MR) is 62.5 cm³/mol. The van der Waals surface area contributed by atoms with Gasteiger partial charge < -0.3 is 5.11 Å². The summed E-state index contributed by atoms with van der Waals surface area (Å²) < 4.78 is 2.83. The molecule has 0 saturated heterocycles. The van der Waals surface area contributed by atoms with E-state index in [1.165, 1.54) is 0 Å². The Morgan fingerprint density at radius 2 is 2.27 bits per heavy atom. The average molecular weight is 273 g/mol. The summed E-state index contributed by atoms with van der Waals surface area (Å²) in [5.74, 6) is 0.417. The zero-order valence-electron chi connectivity index (χ0n) is 9.20. The van der Waals surface area contributed by atoms with Gasteiger partial charge in [-0.25, -0.2) is 0 Å². The van der Waals surface area contributed by atoms with Crippen LogP contribution in [0.3, 0.4) is 0 Å². The second-order valence-electron chi connectivity index (χ2n) is 4.21. The second kappa shape index (κ2) is 3.91. The molecule has 0 aromatic carbocycles. The third-order valence-corrected chi connectivity index (χ3v) is 3.88. The van der Waals surface area contributed by atoms with Crippen LogP contribution >= 0.6 is 15.9 Å². The molecule has 1 aromatic rings. The number of nitrogens with zero attached hydrogens (tertiary/aromatic N) is 2. The van der Waals surface area contributed by atoms with Crippen molar-refractivity contribution in [1.29, 1.82) is 0 Å². The summed E-state index contributed by atoms with van der Waals surface area (Å²) >= 11 is 3.49. The Balaban J connectivity index is 2.44. The highest BCUT2D eigenvalue weighted by Gasteiger charge is 2.46. The Bertz CT molecular complexity index is 359. The maximum absolute atomic E-state index is 10.7. The third-order valence-electron chi connectivity index (χ3n) is 3.30. The summed E-state index contributed by atoms with van der Waals surface area (Å²) in [6.07, 6.45) is 4.79. The average Bonchev–Trinajstić information content (AvgIpc) is 3.02. The second-order valence-corrected chi connectivity index (χ2v) is 5.06. The molecule has 1 aromatic heterocycles. The lowest BCUT2D eigenvalue weighted by molar-refractivity contribution is -0.000372. The fourth-order valence-corrected chi connectivity index (χ4v) is 2.88. The summed E-state index contributed by atoms with van der Waals surface area (Å²) in [5.41, 5.74) is 0.265. The van der Waals surface area contributed by atoms with Crippen molar-refractivity contribution in [2.75, 3.05) is 0 Å². The third kappa shape index (κ3) is 1.74. The molecule has 1 unspecified atom stereocenters. The van der Waals surface area contributed by atoms with Crippen LogP contribution in [0.25, 0.3) is 0 Å². The Kier molecular flexibility index (Phi) is 2.90. The Labute approximate surface area is 98.6 Å². The maximum Gasteiger partial charge on any atom is 0.110 e. The topological polar surface area (TPSA) is 38.0 Å². The summed E-state index contributed by atoms with van der Waals surface area (Å²) in [5, 5.41) is 15.0. The maximum atomic E-state index is 10.7. The molecule has 1 aliphatic carbocycles. The first-order valence-corrected chi connectivity index (χ1v) is 6.37. The molecule has 1 saturated carbocycles. The number of aryl methyl sites for hydroxylation is 1. The van der Waals surface area contributed by atoms with E-state index in [-0.39, 0.29) is 0 Å². The molecule has 15 heavy (non-hydrogen) atoms. The quantitative estimate of drug-likeness (QED) is 0.915. The molecule has 1 atom stereocenters. The van der Waals surface area contributed by atoms with Gasteiger partial charge in [0.25, 0.3) is 0 Å². The number of aliphatic hydroxyl groups is 1. The largest absolute Gasteiger partial charge is 0.383 e. The Hall–Kier alpha value is -0.350. The number of aromatic nitrogens is 2. The van der Waals surface area contributed by atoms with Crippen LogP contribution in [0, 0.1) is 5.92 Å². The van der Waals surface area contributed by atoms with Crippen molar-refractivity contribution >= 4 is 15.9 Å². The number of hydrogen-bond acceptors (Lipinski definition) is 2. The minimum absolute atomic E-state index is 0.417. The zero-order chi connectivity index (χ0) is 11.1. The van der Waals surface area contributed by atoms with Crippen LogP contribution in [0.2, 0.25) is 0 Å². The molecule has 0 aliphatic heterocycles. The molecule has 0 spiro atoms. The van der Waals surface area contributed by atoms with Gasteiger partial charge in [-0.1, -0.05) is 6.92 Å². The highest BCUT2D eigenvalue weighted by molar-refractivity contribution is 9.10. The molecule has 1 aliphatic rings. The number of hydrogen-bond donors (Lipinski definition) is 1. The van der Waals surface area contributed by atoms with Crippen molar-refractivity contribution in [1.82, 2.24) is 9.78 Å². The summed E-state index contributed by atoms with van der Waals surface area (Å²) in [4.78, 5) is 0. The van der Waals surface area contributed by atoms with E-state index < -0.39 is 5.60 Å². The smallest absolute Gasteiger partial charge is 0.110 e. The molecule has 1 heterocycles. The van der Waals surface area contributed by atoms with Crippen LogP contribution < -0.4 is 0 Å². The van der Waals surface area contributed by atoms with E-state index in [2.05, 4.69) is 21.0 Å². The molecule has 0 amide bonds. The van der Waals surface area contributed by atoms with Gasteiger partial charge in [0.1, 0.15) is 5.60 Å². The van der Waals surface area contributed by atoms with Crippen molar-refractivity contribution in [2.24, 2.45) is 5.92 Å². The van der Waals surface area contributed by atoms with E-state index in [9.17, 15) is 5.11 Å². The van der Waals surface area contributed by atoms with Crippen LogP contribution in [0.15, 0.2) is 10.7 Å². The van der Waals surface area contributed by atoms with Gasteiger partial charge in [-0.3, -0.25) is 4.68 Å². The predicted octanol–water partition coefficient (Wildman–Crippen LogP) is 2.67. The van der Waals surface area contributed by atoms with E-state index in [4.69, 9.17) is 0 Å². The number of halogens is 1. The first-order chi connectivity index (χ1) is 7.13. The van der Waals surface area contributed by atoms with Gasteiger partial charge in [0, 0.05) is 6.54 Å². The van der Waals surface area contributed by atoms with E-state index in [1.807, 2.05) is 18.5 Å². The molecular weight excluding hydrogens is 256 g/mol. The summed E-state index contributed by atoms with van der Waals surface area (Å²) in [6, 6.07) is 0. The van der Waals surface area contributed by atoms with E-state index >= 15 is 0 Å². The van der Waals surface area contributed by atoms with Gasteiger partial charge in [0.05, 0.1) is 16.4 Å². The first kappa shape index (κ1) is 11.1. The highest BCUT2D eigenvalue weighted by Crippen LogP contribution is 2.49. The Morgan fingerprint density at radius 3 is 2.73 bits per heavy atom. The summed E-state index contributed by atoms with van der Waals surface area (Å²) in [7, 11) is 0. The SMILES string of the molecule is CCn1ncc(Br)c1C(O)(CC)C1CC1. The normalized spacial score (nSPS) is 20.3. The molecular formula is C11H17BrN2O. The van der Waals surface area contributed by atoms with Gasteiger partial charge in [0.15, 0.2) is 0 Å². The van der Waals surface area contributed by atoms with Crippen LogP contribution in [-0.2, 0) is 12.1 Å². The van der Waals surface area contributed by atoms with E-state index in [1.54, 1.807) is 6.20 Å². The zero-order valence-corrected chi connectivity index (χ0v) is 10.8. The molecule has 2 rings (SSSR count). The number of rotatable bonds is 4. The van der Waals surface area contributed by atoms with Crippen molar-refractivity contribution in [2.45, 2.75) is 45.3 Å². The highest BCUT2D eigenvalue weighted by atomic mass is 79.9. The Morgan fingerprint density at radius 1 is 1.60 bits per heavy atom. The lowest BCUT2D eigenvalue weighted by Gasteiger charge is -2.28. The lowest BCUT2D eigenvalue weighted by Crippen LogP contribution is -2.31. The fraction of sp³-hybridized carbons (Fsp3) is 0.727.